The largest absolute Gasteiger partial charge is 0.468 e. The minimum absolute atomic E-state index is 0.0860. The predicted octanol–water partition coefficient (Wildman–Crippen LogP) is 2.93. The zero-order chi connectivity index (χ0) is 15.3. The van der Waals surface area contributed by atoms with Gasteiger partial charge in [-0.1, -0.05) is 43.4 Å². The van der Waals surface area contributed by atoms with Crippen molar-refractivity contribution in [1.29, 1.82) is 0 Å². The van der Waals surface area contributed by atoms with Gasteiger partial charge in [0.2, 0.25) is 5.91 Å². The molecule has 0 aromatic carbocycles. The number of amides is 1. The lowest BCUT2D eigenvalue weighted by atomic mass is 9.69. The van der Waals surface area contributed by atoms with Crippen LogP contribution in [0.1, 0.15) is 46.5 Å². The van der Waals surface area contributed by atoms with Crippen molar-refractivity contribution in [2.75, 3.05) is 13.7 Å². The average molecular weight is 395 g/mol. The summed E-state index contributed by atoms with van der Waals surface area (Å²) in [5, 5.41) is 2.87. The molecule has 0 spiro atoms. The highest BCUT2D eigenvalue weighted by atomic mass is 127. The number of halogens is 1. The summed E-state index contributed by atoms with van der Waals surface area (Å²) in [4.78, 5) is 23.4. The third kappa shape index (κ3) is 5.22. The highest BCUT2D eigenvalue weighted by molar-refractivity contribution is 14.1. The molecule has 1 aliphatic rings. The predicted molar refractivity (Wildman–Crippen MR) is 87.7 cm³/mol. The number of hydrogen-bond donors (Lipinski definition) is 1. The molecule has 0 aromatic heterocycles. The first-order valence-corrected chi connectivity index (χ1v) is 8.50. The first-order valence-electron chi connectivity index (χ1n) is 7.25. The van der Waals surface area contributed by atoms with Gasteiger partial charge in [-0.2, -0.15) is 0 Å². The minimum atomic E-state index is -0.313. The molecule has 20 heavy (non-hydrogen) atoms. The molecule has 1 amide bonds. The van der Waals surface area contributed by atoms with Crippen molar-refractivity contribution in [3.05, 3.63) is 0 Å². The molecule has 1 N–H and O–H groups in total. The van der Waals surface area contributed by atoms with E-state index in [1.54, 1.807) is 0 Å². The van der Waals surface area contributed by atoms with E-state index in [0.29, 0.717) is 17.9 Å². The van der Waals surface area contributed by atoms with Crippen LogP contribution < -0.4 is 5.32 Å². The molecule has 0 aromatic rings. The Labute approximate surface area is 135 Å². The van der Waals surface area contributed by atoms with E-state index in [0.717, 1.165) is 25.7 Å². The molecular formula is C15H26INO3. The van der Waals surface area contributed by atoms with Crippen molar-refractivity contribution in [3.63, 3.8) is 0 Å². The van der Waals surface area contributed by atoms with Crippen LogP contribution in [0.4, 0.5) is 0 Å². The summed E-state index contributed by atoms with van der Waals surface area (Å²) in [6, 6.07) is 0. The maximum Gasteiger partial charge on any atom is 0.320 e. The van der Waals surface area contributed by atoms with E-state index >= 15 is 0 Å². The second kappa shape index (κ2) is 7.61. The fourth-order valence-corrected chi connectivity index (χ4v) is 3.24. The van der Waals surface area contributed by atoms with Gasteiger partial charge in [-0.15, -0.1) is 0 Å². The van der Waals surface area contributed by atoms with Crippen LogP contribution in [-0.4, -0.2) is 29.5 Å². The van der Waals surface area contributed by atoms with Crippen LogP contribution in [0.15, 0.2) is 0 Å². The Balaban J connectivity index is 2.35. The van der Waals surface area contributed by atoms with E-state index in [9.17, 15) is 9.59 Å². The lowest BCUT2D eigenvalue weighted by molar-refractivity contribution is -0.139. The zero-order valence-corrected chi connectivity index (χ0v) is 15.0. The summed E-state index contributed by atoms with van der Waals surface area (Å²) >= 11 is 2.00. The average Bonchev–Trinajstić information content (AvgIpc) is 2.42. The molecule has 116 valence electrons. The number of methoxy groups -OCH3 is 1. The van der Waals surface area contributed by atoms with Crippen LogP contribution in [0.5, 0.6) is 0 Å². The summed E-state index contributed by atoms with van der Waals surface area (Å²) in [6.07, 6.45) is 4.15. The van der Waals surface area contributed by atoms with Crippen molar-refractivity contribution < 1.29 is 14.3 Å². The first-order chi connectivity index (χ1) is 9.25. The fourth-order valence-electron chi connectivity index (χ4n) is 2.77. The van der Waals surface area contributed by atoms with E-state index < -0.39 is 0 Å². The van der Waals surface area contributed by atoms with Crippen LogP contribution in [0, 0.1) is 17.3 Å². The fraction of sp³-hybridized carbons (Fsp3) is 0.867. The molecule has 1 rings (SSSR count). The van der Waals surface area contributed by atoms with Crippen LogP contribution in [0.2, 0.25) is 0 Å². The number of rotatable bonds is 4. The first kappa shape index (κ1) is 17.7. The topological polar surface area (TPSA) is 55.4 Å². The molecule has 0 radical (unpaired) electrons. The van der Waals surface area contributed by atoms with Gasteiger partial charge in [0.05, 0.1) is 7.11 Å². The van der Waals surface area contributed by atoms with E-state index in [2.05, 4.69) is 30.8 Å². The van der Waals surface area contributed by atoms with Gasteiger partial charge in [0, 0.05) is 12.5 Å². The van der Waals surface area contributed by atoms with E-state index in [1.807, 2.05) is 22.6 Å². The number of carbonyl (C=O) groups excluding carboxylic acids is 2. The Morgan fingerprint density at radius 1 is 1.25 bits per heavy atom. The van der Waals surface area contributed by atoms with Crippen molar-refractivity contribution in [3.8, 4) is 0 Å². The molecule has 1 saturated carbocycles. The van der Waals surface area contributed by atoms with Crippen LogP contribution in [0.25, 0.3) is 0 Å². The molecule has 1 unspecified atom stereocenters. The highest BCUT2D eigenvalue weighted by Crippen LogP contribution is 2.39. The van der Waals surface area contributed by atoms with Crippen LogP contribution >= 0.6 is 22.6 Å². The number of nitrogens with one attached hydrogen (secondary N) is 1. The van der Waals surface area contributed by atoms with Gasteiger partial charge >= 0.3 is 5.97 Å². The molecule has 1 fully saturated rings. The third-order valence-corrected chi connectivity index (χ3v) is 5.18. The molecule has 1 aliphatic carbocycles. The summed E-state index contributed by atoms with van der Waals surface area (Å²) in [5.41, 5.74) is 0.333. The van der Waals surface area contributed by atoms with Gasteiger partial charge in [0.15, 0.2) is 0 Å². The molecule has 4 nitrogen and oxygen atoms in total. The zero-order valence-electron chi connectivity index (χ0n) is 12.9. The molecular weight excluding hydrogens is 369 g/mol. The van der Waals surface area contributed by atoms with E-state index in [1.165, 1.54) is 7.11 Å². The molecule has 1 atom stereocenters. The summed E-state index contributed by atoms with van der Waals surface area (Å²) in [6.45, 7) is 7.17. The van der Waals surface area contributed by atoms with Crippen LogP contribution in [0.3, 0.4) is 0 Å². The van der Waals surface area contributed by atoms with Crippen molar-refractivity contribution in [2.45, 2.75) is 50.4 Å². The van der Waals surface area contributed by atoms with Gasteiger partial charge in [-0.25, -0.2) is 0 Å². The SMILES string of the molecule is COC(=O)C(I)CNC(=O)C1CCC(C(C)(C)C)CC1. The van der Waals surface area contributed by atoms with Gasteiger partial charge in [0.25, 0.3) is 0 Å². The Morgan fingerprint density at radius 2 is 1.80 bits per heavy atom. The minimum Gasteiger partial charge on any atom is -0.468 e. The number of carbonyl (C=O) groups is 2. The van der Waals surface area contributed by atoms with Gasteiger partial charge < -0.3 is 10.1 Å². The number of hydrogen-bond acceptors (Lipinski definition) is 3. The monoisotopic (exact) mass is 395 g/mol. The second-order valence-electron chi connectivity index (χ2n) is 6.65. The molecule has 0 bridgehead atoms. The van der Waals surface area contributed by atoms with Crippen molar-refractivity contribution >= 4 is 34.5 Å². The maximum absolute atomic E-state index is 12.1. The lowest BCUT2D eigenvalue weighted by Crippen LogP contribution is -2.39. The molecule has 0 saturated heterocycles. The van der Waals surface area contributed by atoms with E-state index in [-0.39, 0.29) is 21.7 Å². The normalized spacial score (nSPS) is 24.9. The maximum atomic E-state index is 12.1. The Hall–Kier alpha value is -0.330. The Bertz CT molecular complexity index is 344. The lowest BCUT2D eigenvalue weighted by Gasteiger charge is -2.36. The van der Waals surface area contributed by atoms with Crippen molar-refractivity contribution in [2.24, 2.45) is 17.3 Å². The highest BCUT2D eigenvalue weighted by Gasteiger charge is 2.32. The quantitative estimate of drug-likeness (QED) is 0.453. The number of alkyl halides is 1. The molecule has 0 aliphatic heterocycles. The van der Waals surface area contributed by atoms with Crippen LogP contribution in [-0.2, 0) is 14.3 Å². The smallest absolute Gasteiger partial charge is 0.320 e. The Kier molecular flexibility index (Phi) is 6.75. The van der Waals surface area contributed by atoms with Gasteiger partial charge in [-0.05, 0) is 37.0 Å². The summed E-state index contributed by atoms with van der Waals surface area (Å²) in [5.74, 6) is 0.610. The standard InChI is InChI=1S/C15H26INO3/c1-15(2,3)11-7-5-10(6-8-11)13(18)17-9-12(16)14(19)20-4/h10-12H,5-9H2,1-4H3,(H,17,18). The van der Waals surface area contributed by atoms with E-state index in [4.69, 9.17) is 0 Å². The summed E-state index contributed by atoms with van der Waals surface area (Å²) in [7, 11) is 1.36. The summed E-state index contributed by atoms with van der Waals surface area (Å²) < 4.78 is 4.33. The Morgan fingerprint density at radius 3 is 2.25 bits per heavy atom. The second-order valence-corrected chi connectivity index (χ2v) is 8.15. The molecule has 0 heterocycles. The number of esters is 1. The third-order valence-electron chi connectivity index (χ3n) is 4.24. The van der Waals surface area contributed by atoms with Crippen molar-refractivity contribution in [1.82, 2.24) is 5.32 Å². The van der Waals surface area contributed by atoms with Gasteiger partial charge in [0.1, 0.15) is 3.92 Å². The van der Waals surface area contributed by atoms with Gasteiger partial charge in [-0.3, -0.25) is 9.59 Å². The molecule has 5 heteroatoms. The number of ether oxygens (including phenoxy) is 1.